The van der Waals surface area contributed by atoms with E-state index in [4.69, 9.17) is 19.4 Å². The van der Waals surface area contributed by atoms with E-state index in [0.29, 0.717) is 24.4 Å². The van der Waals surface area contributed by atoms with Crippen molar-refractivity contribution in [2.75, 3.05) is 26.0 Å². The lowest BCUT2D eigenvalue weighted by atomic mass is 9.85. The average molecular weight is 559 g/mol. The Morgan fingerprint density at radius 2 is 1.92 bits per heavy atom. The second-order valence-corrected chi connectivity index (χ2v) is 12.7. The van der Waals surface area contributed by atoms with Crippen LogP contribution in [0.25, 0.3) is 0 Å². The third-order valence-electron chi connectivity index (χ3n) is 8.16. The lowest BCUT2D eigenvalue weighted by Crippen LogP contribution is -2.65. The van der Waals surface area contributed by atoms with Crippen LogP contribution in [0.15, 0.2) is 12.2 Å². The zero-order chi connectivity index (χ0) is 28.0. The maximum absolute atomic E-state index is 13.8. The SMILES string of the molecule is CC(C)C[C@@H]1CCO[C@@H]2[C@@H](C1)CN(C)[C@@H]2C(=O)N[C@H]1[C@H]2O[C@H](SCCC=C[C@H]1C)[C@H](O)[C@@H](O)[C@H]2O.O=CO. The van der Waals surface area contributed by atoms with Gasteiger partial charge in [-0.2, -0.15) is 0 Å². The number of thioether (sulfide) groups is 1. The highest BCUT2D eigenvalue weighted by Crippen LogP contribution is 2.37. The Morgan fingerprint density at radius 3 is 2.61 bits per heavy atom. The molecule has 10 nitrogen and oxygen atoms in total. The predicted octanol–water partition coefficient (Wildman–Crippen LogP) is 1.08. The largest absolute Gasteiger partial charge is 0.483 e. The van der Waals surface area contributed by atoms with Gasteiger partial charge >= 0.3 is 0 Å². The average Bonchev–Trinajstić information content (AvgIpc) is 3.03. The summed E-state index contributed by atoms with van der Waals surface area (Å²) in [7, 11) is 1.98. The minimum Gasteiger partial charge on any atom is -0.483 e. The van der Waals surface area contributed by atoms with Gasteiger partial charge in [0.15, 0.2) is 0 Å². The third kappa shape index (κ3) is 7.50. The Morgan fingerprint density at radius 1 is 1.21 bits per heavy atom. The van der Waals surface area contributed by atoms with E-state index in [0.717, 1.165) is 31.6 Å². The van der Waals surface area contributed by atoms with Gasteiger partial charge in [-0.25, -0.2) is 0 Å². The molecule has 38 heavy (non-hydrogen) atoms. The standard InChI is InChI=1S/C26H44N2O6S.CH2O2/c1-14(2)11-16-8-9-33-23-17(12-16)13-28(4)19(23)25(32)27-18-15(3)7-5-6-10-35-26-22(31)20(29)21(30)24(18)34-26;2-1-3/h5,7,14-24,26,29-31H,6,8-13H2,1-4H3,(H,27,32);1H,(H,2,3)/t15-,16+,17+,18-,19+,20+,21-,22-,23-,24-,26-;/m1./s1. The molecule has 0 spiro atoms. The van der Waals surface area contributed by atoms with Crippen molar-refractivity contribution in [1.29, 1.82) is 0 Å². The van der Waals surface area contributed by atoms with E-state index in [1.54, 1.807) is 0 Å². The van der Waals surface area contributed by atoms with E-state index in [9.17, 15) is 20.1 Å². The number of aliphatic hydroxyl groups is 3. The summed E-state index contributed by atoms with van der Waals surface area (Å²) in [4.78, 5) is 24.2. The highest BCUT2D eigenvalue weighted by Gasteiger charge is 2.51. The molecule has 11 atom stereocenters. The molecule has 2 bridgehead atoms. The molecule has 0 aromatic carbocycles. The van der Waals surface area contributed by atoms with Gasteiger partial charge in [-0.1, -0.05) is 32.9 Å². The molecule has 0 aromatic rings. The number of ether oxygens (including phenoxy) is 2. The molecule has 3 fully saturated rings. The molecule has 218 valence electrons. The number of allylic oxidation sites excluding steroid dienone is 1. The fraction of sp³-hybridized carbons (Fsp3) is 0.852. The quantitative estimate of drug-likeness (QED) is 0.251. The number of nitrogens with zero attached hydrogens (tertiary/aromatic N) is 1. The Hall–Kier alpha value is -1.21. The Bertz CT molecular complexity index is 801. The minimum absolute atomic E-state index is 0.127. The lowest BCUT2D eigenvalue weighted by molar-refractivity contribution is -0.207. The number of carbonyl (C=O) groups excluding carboxylic acids is 1. The number of nitrogens with one attached hydrogen (secondary N) is 1. The van der Waals surface area contributed by atoms with Crippen molar-refractivity contribution in [2.45, 2.75) is 94.5 Å². The molecule has 4 rings (SSSR count). The van der Waals surface area contributed by atoms with Crippen LogP contribution < -0.4 is 5.32 Å². The van der Waals surface area contributed by atoms with E-state index in [1.165, 1.54) is 18.2 Å². The Balaban J connectivity index is 0.00000127. The molecule has 0 radical (unpaired) electrons. The maximum atomic E-state index is 13.8. The first kappa shape index (κ1) is 31.3. The monoisotopic (exact) mass is 558 g/mol. The number of hydrogen-bond donors (Lipinski definition) is 5. The van der Waals surface area contributed by atoms with Crippen LogP contribution in [0.1, 0.15) is 46.5 Å². The number of carbonyl (C=O) groups is 2. The molecular weight excluding hydrogens is 512 g/mol. The van der Waals surface area contributed by atoms with Crippen molar-refractivity contribution in [2.24, 2.45) is 23.7 Å². The number of aliphatic hydroxyl groups excluding tert-OH is 3. The van der Waals surface area contributed by atoms with E-state index in [2.05, 4.69) is 30.1 Å². The first-order valence-electron chi connectivity index (χ1n) is 13.8. The smallest absolute Gasteiger partial charge is 0.290 e. The van der Waals surface area contributed by atoms with Crippen LogP contribution in [0.4, 0.5) is 0 Å². The highest BCUT2D eigenvalue weighted by atomic mass is 32.2. The first-order valence-corrected chi connectivity index (χ1v) is 14.8. The summed E-state index contributed by atoms with van der Waals surface area (Å²) in [6, 6.07) is -0.963. The molecular formula is C27H46N2O8S. The number of amides is 1. The van der Waals surface area contributed by atoms with Gasteiger partial charge in [0.05, 0.1) is 12.1 Å². The van der Waals surface area contributed by atoms with Crippen molar-refractivity contribution >= 4 is 24.1 Å². The summed E-state index contributed by atoms with van der Waals surface area (Å²) in [6.45, 7) is 7.75. The van der Waals surface area contributed by atoms with E-state index in [-0.39, 0.29) is 24.4 Å². The van der Waals surface area contributed by atoms with Gasteiger partial charge in [0.1, 0.15) is 35.9 Å². The van der Waals surface area contributed by atoms with Gasteiger partial charge < -0.3 is 35.2 Å². The van der Waals surface area contributed by atoms with E-state index >= 15 is 0 Å². The zero-order valence-corrected chi connectivity index (χ0v) is 23.7. The third-order valence-corrected chi connectivity index (χ3v) is 9.35. The van der Waals surface area contributed by atoms with Crippen LogP contribution in [0.2, 0.25) is 0 Å². The maximum Gasteiger partial charge on any atom is 0.290 e. The molecule has 0 aromatic heterocycles. The van der Waals surface area contributed by atoms with Crippen LogP contribution in [0.3, 0.4) is 0 Å². The summed E-state index contributed by atoms with van der Waals surface area (Å²) in [6.07, 6.45) is 3.41. The van der Waals surface area contributed by atoms with E-state index in [1.807, 2.05) is 20.0 Å². The van der Waals surface area contributed by atoms with Gasteiger partial charge in [-0.15, -0.1) is 11.8 Å². The molecule has 5 N–H and O–H groups in total. The van der Waals surface area contributed by atoms with Crippen LogP contribution in [-0.2, 0) is 19.1 Å². The lowest BCUT2D eigenvalue weighted by Gasteiger charge is -2.45. The molecule has 4 aliphatic heterocycles. The normalized spacial score (nSPS) is 41.8. The highest BCUT2D eigenvalue weighted by molar-refractivity contribution is 7.99. The number of likely N-dealkylation sites (N-methyl/N-ethyl adjacent to an activating group) is 1. The van der Waals surface area contributed by atoms with Crippen LogP contribution in [-0.4, -0.2) is 112 Å². The first-order chi connectivity index (χ1) is 18.1. The molecule has 0 aliphatic carbocycles. The summed E-state index contributed by atoms with van der Waals surface area (Å²) < 4.78 is 12.4. The van der Waals surface area contributed by atoms with Crippen molar-refractivity contribution in [3.63, 3.8) is 0 Å². The summed E-state index contributed by atoms with van der Waals surface area (Å²) in [5.41, 5.74) is -0.655. The van der Waals surface area contributed by atoms with Gasteiger partial charge in [-0.05, 0) is 56.2 Å². The summed E-state index contributed by atoms with van der Waals surface area (Å²) in [5.74, 6) is 2.06. The Labute approximate surface area is 230 Å². The number of carboxylic acid groups (broad SMARTS) is 1. The Kier molecular flexibility index (Phi) is 11.9. The second kappa shape index (κ2) is 14.4. The molecule has 4 heterocycles. The van der Waals surface area contributed by atoms with Gasteiger partial charge in [-0.3, -0.25) is 14.5 Å². The predicted molar refractivity (Wildman–Crippen MR) is 145 cm³/mol. The van der Waals surface area contributed by atoms with Gasteiger partial charge in [0.2, 0.25) is 5.91 Å². The number of rotatable bonds is 4. The van der Waals surface area contributed by atoms with Crippen LogP contribution in [0.5, 0.6) is 0 Å². The summed E-state index contributed by atoms with van der Waals surface area (Å²) in [5, 5.41) is 41.9. The molecule has 1 amide bonds. The van der Waals surface area contributed by atoms with Gasteiger partial charge in [0.25, 0.3) is 6.47 Å². The zero-order valence-electron chi connectivity index (χ0n) is 22.9. The van der Waals surface area contributed by atoms with Gasteiger partial charge in [0, 0.05) is 19.1 Å². The number of hydrogen-bond acceptors (Lipinski definition) is 9. The molecule has 3 saturated heterocycles. The summed E-state index contributed by atoms with van der Waals surface area (Å²) >= 11 is 1.42. The van der Waals surface area contributed by atoms with Crippen molar-refractivity contribution in [3.8, 4) is 0 Å². The molecule has 11 heteroatoms. The van der Waals surface area contributed by atoms with Crippen LogP contribution in [0, 0.1) is 23.7 Å². The van der Waals surface area contributed by atoms with E-state index < -0.39 is 41.9 Å². The van der Waals surface area contributed by atoms with Crippen molar-refractivity contribution in [1.82, 2.24) is 10.2 Å². The fourth-order valence-electron chi connectivity index (χ4n) is 6.43. The second-order valence-electron chi connectivity index (χ2n) is 11.5. The van der Waals surface area contributed by atoms with Crippen LogP contribution >= 0.6 is 11.8 Å². The molecule has 0 saturated carbocycles. The van der Waals surface area contributed by atoms with Crippen molar-refractivity contribution < 1.29 is 39.5 Å². The number of fused-ring (bicyclic) bond motifs is 3. The number of likely N-dealkylation sites (tertiary alicyclic amines) is 1. The topological polar surface area (TPSA) is 149 Å². The molecule has 0 unspecified atom stereocenters. The minimum atomic E-state index is -1.33. The molecule has 4 aliphatic rings. The fourth-order valence-corrected chi connectivity index (χ4v) is 7.50. The van der Waals surface area contributed by atoms with Crippen molar-refractivity contribution in [3.05, 3.63) is 12.2 Å².